The molecular weight excluding hydrogens is 428 g/mol. The minimum Gasteiger partial charge on any atom is -0.493 e. The van der Waals surface area contributed by atoms with E-state index in [2.05, 4.69) is 20.6 Å². The maximum atomic E-state index is 11.1. The number of nitriles is 2. The Hall–Kier alpha value is -4.42. The molecule has 1 atom stereocenters. The Bertz CT molecular complexity index is 1180. The third-order valence-corrected chi connectivity index (χ3v) is 4.48. The number of nitrogen functional groups attached to an aromatic ring is 2. The van der Waals surface area contributed by atoms with Crippen LogP contribution in [0.4, 0.5) is 17.3 Å². The van der Waals surface area contributed by atoms with E-state index in [0.29, 0.717) is 0 Å². The molecule has 0 bridgehead atoms. The number of carbonyl (C=O) groups is 1. The molecule has 1 unspecified atom stereocenters. The van der Waals surface area contributed by atoms with Gasteiger partial charge in [-0.25, -0.2) is 14.8 Å². The van der Waals surface area contributed by atoms with Gasteiger partial charge in [0.15, 0.2) is 24.3 Å². The lowest BCUT2D eigenvalue weighted by atomic mass is 9.94. The quantitative estimate of drug-likeness (QED) is 0.328. The number of aliphatic imine (C=N–C) groups is 1. The second-order valence-electron chi connectivity index (χ2n) is 6.11. The van der Waals surface area contributed by atoms with Crippen LogP contribution >= 0.6 is 11.6 Å². The topological polar surface area (TPSA) is 205 Å². The van der Waals surface area contributed by atoms with Crippen LogP contribution in [-0.4, -0.2) is 35.7 Å². The number of rotatable bonds is 5. The smallest absolute Gasteiger partial charge is 0.341 e. The first-order chi connectivity index (χ1) is 14.8. The summed E-state index contributed by atoms with van der Waals surface area (Å²) in [5, 5.41) is 32.9. The van der Waals surface area contributed by atoms with Crippen LogP contribution in [0.25, 0.3) is 0 Å². The molecule has 0 aliphatic carbocycles. The summed E-state index contributed by atoms with van der Waals surface area (Å²) in [6.45, 7) is -0.672. The average molecular weight is 443 g/mol. The van der Waals surface area contributed by atoms with Crippen molar-refractivity contribution in [1.29, 1.82) is 10.5 Å². The van der Waals surface area contributed by atoms with Gasteiger partial charge >= 0.3 is 5.97 Å². The van der Waals surface area contributed by atoms with E-state index in [1.54, 1.807) is 6.19 Å². The maximum Gasteiger partial charge on any atom is 0.341 e. The Labute approximate surface area is 180 Å². The normalized spacial score (nSPS) is 14.2. The predicted molar refractivity (Wildman–Crippen MR) is 111 cm³/mol. The number of guanidine groups is 1. The van der Waals surface area contributed by atoms with Crippen molar-refractivity contribution in [2.24, 2.45) is 4.99 Å². The largest absolute Gasteiger partial charge is 0.493 e. The lowest BCUT2D eigenvalue weighted by molar-refractivity contribution is -0.139. The SMILES string of the molecule is COc1cc(Cl)cc(C2N=C(NC#N)Nc3nc(N)c(C#N)c(N)c32)c1OCC(=O)O. The van der Waals surface area contributed by atoms with Crippen LogP contribution in [0, 0.1) is 22.8 Å². The summed E-state index contributed by atoms with van der Waals surface area (Å²) in [7, 11) is 1.36. The lowest BCUT2D eigenvalue weighted by Crippen LogP contribution is -2.33. The van der Waals surface area contributed by atoms with Crippen LogP contribution in [0.3, 0.4) is 0 Å². The number of hydrogen-bond donors (Lipinski definition) is 5. The molecule has 1 aromatic heterocycles. The summed E-state index contributed by atoms with van der Waals surface area (Å²) in [6.07, 6.45) is 1.74. The highest BCUT2D eigenvalue weighted by molar-refractivity contribution is 6.30. The molecule has 0 saturated carbocycles. The van der Waals surface area contributed by atoms with Crippen molar-refractivity contribution < 1.29 is 19.4 Å². The minimum atomic E-state index is -1.22. The highest BCUT2D eigenvalue weighted by Crippen LogP contribution is 2.46. The van der Waals surface area contributed by atoms with Gasteiger partial charge < -0.3 is 31.4 Å². The van der Waals surface area contributed by atoms with Crippen molar-refractivity contribution in [1.82, 2.24) is 10.3 Å². The Morgan fingerprint density at radius 1 is 1.42 bits per heavy atom. The van der Waals surface area contributed by atoms with Gasteiger partial charge in [0.05, 0.1) is 12.8 Å². The molecule has 0 spiro atoms. The second kappa shape index (κ2) is 8.52. The van der Waals surface area contributed by atoms with Crippen LogP contribution in [0.5, 0.6) is 11.5 Å². The first kappa shape index (κ1) is 21.3. The number of hydrogen-bond acceptors (Lipinski definition) is 11. The minimum absolute atomic E-state index is 0.00499. The maximum absolute atomic E-state index is 11.1. The van der Waals surface area contributed by atoms with Crippen LogP contribution < -0.4 is 31.6 Å². The zero-order chi connectivity index (χ0) is 22.7. The summed E-state index contributed by atoms with van der Waals surface area (Å²) in [4.78, 5) is 19.7. The molecule has 2 heterocycles. The Kier molecular flexibility index (Phi) is 5.85. The highest BCUT2D eigenvalue weighted by atomic mass is 35.5. The zero-order valence-corrected chi connectivity index (χ0v) is 16.7. The molecule has 158 valence electrons. The van der Waals surface area contributed by atoms with E-state index in [0.717, 1.165) is 0 Å². The summed E-state index contributed by atoms with van der Waals surface area (Å²) in [5.41, 5.74) is 12.5. The fourth-order valence-electron chi connectivity index (χ4n) is 3.04. The first-order valence-corrected chi connectivity index (χ1v) is 8.89. The van der Waals surface area contributed by atoms with Crippen molar-refractivity contribution in [3.05, 3.63) is 33.8 Å². The Morgan fingerprint density at radius 3 is 2.77 bits per heavy atom. The highest BCUT2D eigenvalue weighted by Gasteiger charge is 2.33. The van der Waals surface area contributed by atoms with E-state index in [9.17, 15) is 10.1 Å². The van der Waals surface area contributed by atoms with Crippen molar-refractivity contribution in [2.75, 3.05) is 30.5 Å². The van der Waals surface area contributed by atoms with Gasteiger partial charge in [0.2, 0.25) is 5.96 Å². The summed E-state index contributed by atoms with van der Waals surface area (Å²) >= 11 is 6.23. The van der Waals surface area contributed by atoms with Crippen molar-refractivity contribution in [3.8, 4) is 23.8 Å². The summed E-state index contributed by atoms with van der Waals surface area (Å²) in [6, 6.07) is 3.82. The molecule has 0 saturated heterocycles. The van der Waals surface area contributed by atoms with E-state index < -0.39 is 18.6 Å². The molecule has 0 radical (unpaired) electrons. The second-order valence-corrected chi connectivity index (χ2v) is 6.55. The van der Waals surface area contributed by atoms with Gasteiger partial charge in [-0.2, -0.15) is 10.5 Å². The number of methoxy groups -OCH3 is 1. The molecule has 13 heteroatoms. The van der Waals surface area contributed by atoms with E-state index in [1.165, 1.54) is 19.2 Å². The fourth-order valence-corrected chi connectivity index (χ4v) is 3.25. The van der Waals surface area contributed by atoms with Crippen molar-refractivity contribution in [2.45, 2.75) is 6.04 Å². The first-order valence-electron chi connectivity index (χ1n) is 8.51. The number of ether oxygens (including phenoxy) is 2. The third-order valence-electron chi connectivity index (χ3n) is 4.26. The monoisotopic (exact) mass is 442 g/mol. The molecule has 1 aromatic carbocycles. The molecule has 3 rings (SSSR count). The number of nitrogens with two attached hydrogens (primary N) is 2. The van der Waals surface area contributed by atoms with Gasteiger partial charge in [-0.05, 0) is 6.07 Å². The number of fused-ring (bicyclic) bond motifs is 1. The summed E-state index contributed by atoms with van der Waals surface area (Å²) < 4.78 is 10.7. The van der Waals surface area contributed by atoms with Crippen molar-refractivity contribution >= 4 is 40.9 Å². The molecular formula is C18H15ClN8O4. The predicted octanol–water partition coefficient (Wildman–Crippen LogP) is 1.18. The number of halogens is 1. The lowest BCUT2D eigenvalue weighted by Gasteiger charge is -2.27. The Morgan fingerprint density at radius 2 is 2.16 bits per heavy atom. The number of aromatic nitrogens is 1. The van der Waals surface area contributed by atoms with Gasteiger partial charge in [0.25, 0.3) is 0 Å². The van der Waals surface area contributed by atoms with Gasteiger partial charge in [0.1, 0.15) is 29.3 Å². The third kappa shape index (κ3) is 4.01. The van der Waals surface area contributed by atoms with Crippen LogP contribution in [-0.2, 0) is 4.79 Å². The van der Waals surface area contributed by atoms with Crippen LogP contribution in [0.1, 0.15) is 22.7 Å². The van der Waals surface area contributed by atoms with E-state index in [-0.39, 0.29) is 56.5 Å². The molecule has 1 aliphatic rings. The number of pyridine rings is 1. The van der Waals surface area contributed by atoms with Gasteiger partial charge in [0, 0.05) is 22.2 Å². The zero-order valence-electron chi connectivity index (χ0n) is 15.9. The van der Waals surface area contributed by atoms with Gasteiger partial charge in [-0.3, -0.25) is 5.32 Å². The van der Waals surface area contributed by atoms with E-state index >= 15 is 0 Å². The number of aliphatic carboxylic acids is 1. The van der Waals surface area contributed by atoms with Gasteiger partial charge in [-0.1, -0.05) is 11.6 Å². The molecule has 1 aliphatic heterocycles. The van der Waals surface area contributed by atoms with Crippen LogP contribution in [0.15, 0.2) is 17.1 Å². The van der Waals surface area contributed by atoms with Crippen LogP contribution in [0.2, 0.25) is 5.02 Å². The fraction of sp³-hybridized carbons (Fsp3) is 0.167. The molecule has 7 N–H and O–H groups in total. The number of anilines is 3. The molecule has 31 heavy (non-hydrogen) atoms. The number of carboxylic acid groups (broad SMARTS) is 1. The number of carboxylic acids is 1. The molecule has 12 nitrogen and oxygen atoms in total. The standard InChI is InChI=1S/C18H15ClN8O4/c1-30-10-3-7(19)2-8(15(10)31-5-11(28)29)14-12-13(22)9(4-20)16(23)26-17(12)27-18(25-14)24-6-21/h2-3,14H,5H2,1H3,(H,28,29)(H6,22,23,24,25,26,27). The number of nitrogens with one attached hydrogen (secondary N) is 2. The van der Waals surface area contributed by atoms with Gasteiger partial charge in [-0.15, -0.1) is 0 Å². The average Bonchev–Trinajstić information content (AvgIpc) is 2.71. The van der Waals surface area contributed by atoms with E-state index in [4.69, 9.17) is 42.9 Å². The molecule has 0 amide bonds. The summed E-state index contributed by atoms with van der Waals surface area (Å²) in [5.74, 6) is -0.980. The molecule has 0 fully saturated rings. The Balaban J connectivity index is 2.32. The van der Waals surface area contributed by atoms with Crippen molar-refractivity contribution in [3.63, 3.8) is 0 Å². The number of benzene rings is 1. The molecule has 2 aromatic rings. The van der Waals surface area contributed by atoms with E-state index in [1.807, 2.05) is 6.07 Å². The number of nitrogens with zero attached hydrogens (tertiary/aromatic N) is 4.